The van der Waals surface area contributed by atoms with Crippen LogP contribution >= 0.6 is 0 Å². The highest BCUT2D eigenvalue weighted by Crippen LogP contribution is 2.39. The molecule has 0 aliphatic carbocycles. The molecule has 1 saturated heterocycles. The molecule has 5 nitrogen and oxygen atoms in total. The molecule has 1 fully saturated rings. The fourth-order valence-electron chi connectivity index (χ4n) is 2.98. The number of aliphatic hydroxyl groups excluding tert-OH is 1. The first-order chi connectivity index (χ1) is 11.5. The molecule has 2 unspecified atom stereocenters. The predicted molar refractivity (Wildman–Crippen MR) is 85.3 cm³/mol. The first-order valence-electron chi connectivity index (χ1n) is 8.04. The molecule has 0 amide bonds. The third-order valence-corrected chi connectivity index (χ3v) is 6.58. The summed E-state index contributed by atoms with van der Waals surface area (Å²) in [7, 11) is -3.87. The maximum Gasteiger partial charge on any atom is 0.421 e. The van der Waals surface area contributed by atoms with Gasteiger partial charge in [-0.3, -0.25) is 0 Å². The van der Waals surface area contributed by atoms with Gasteiger partial charge in [-0.1, -0.05) is 18.6 Å². The van der Waals surface area contributed by atoms with E-state index in [1.165, 1.54) is 4.31 Å². The van der Waals surface area contributed by atoms with Crippen molar-refractivity contribution in [3.05, 3.63) is 29.8 Å². The Morgan fingerprint density at radius 3 is 2.32 bits per heavy atom. The molecule has 2 atom stereocenters. The Bertz CT molecular complexity index is 684. The van der Waals surface area contributed by atoms with Gasteiger partial charge in [-0.15, -0.1) is 0 Å². The Morgan fingerprint density at radius 1 is 1.20 bits per heavy atom. The third kappa shape index (κ3) is 3.99. The predicted octanol–water partition coefficient (Wildman–Crippen LogP) is 2.38. The highest BCUT2D eigenvalue weighted by molar-refractivity contribution is 7.89. The Labute approximate surface area is 145 Å². The fourth-order valence-corrected chi connectivity index (χ4v) is 4.70. The molecule has 0 spiro atoms. The van der Waals surface area contributed by atoms with Crippen LogP contribution in [0.4, 0.5) is 13.2 Å². The summed E-state index contributed by atoms with van der Waals surface area (Å²) >= 11 is 0. The largest absolute Gasteiger partial charge is 0.421 e. The Hall–Kier alpha value is -1.16. The zero-order valence-electron chi connectivity index (χ0n) is 13.8. The van der Waals surface area contributed by atoms with Crippen LogP contribution < -0.4 is 0 Å². The van der Waals surface area contributed by atoms with E-state index in [2.05, 4.69) is 0 Å². The molecule has 1 heterocycles. The molecule has 0 radical (unpaired) electrons. The van der Waals surface area contributed by atoms with Crippen molar-refractivity contribution in [1.82, 2.24) is 4.31 Å². The minimum Gasteiger partial charge on any atom is -0.396 e. The van der Waals surface area contributed by atoms with Crippen molar-refractivity contribution < 1.29 is 31.8 Å². The van der Waals surface area contributed by atoms with E-state index >= 15 is 0 Å². The summed E-state index contributed by atoms with van der Waals surface area (Å²) in [5.74, 6) is 0. The molecule has 0 saturated carbocycles. The lowest BCUT2D eigenvalue weighted by atomic mass is 9.96. The lowest BCUT2D eigenvalue weighted by molar-refractivity contribution is -0.258. The van der Waals surface area contributed by atoms with Crippen LogP contribution in [-0.2, 0) is 15.6 Å². The molecular formula is C16H22F3NO4S. The number of nitrogens with zero attached hydrogens (tertiary/aromatic N) is 1. The Morgan fingerprint density at radius 2 is 1.80 bits per heavy atom. The number of sulfonamides is 1. The van der Waals surface area contributed by atoms with E-state index in [4.69, 9.17) is 5.11 Å². The molecule has 2 N–H and O–H groups in total. The van der Waals surface area contributed by atoms with Crippen molar-refractivity contribution in [2.24, 2.45) is 0 Å². The molecule has 1 aliphatic rings. The van der Waals surface area contributed by atoms with Gasteiger partial charge in [0.15, 0.2) is 5.60 Å². The van der Waals surface area contributed by atoms with Crippen molar-refractivity contribution in [3.63, 3.8) is 0 Å². The minimum absolute atomic E-state index is 0.126. The smallest absolute Gasteiger partial charge is 0.396 e. The van der Waals surface area contributed by atoms with Crippen LogP contribution in [0.3, 0.4) is 0 Å². The van der Waals surface area contributed by atoms with E-state index in [1.54, 1.807) is 0 Å². The van der Waals surface area contributed by atoms with Crippen LogP contribution in [0, 0.1) is 0 Å². The van der Waals surface area contributed by atoms with Gasteiger partial charge in [-0.05, 0) is 43.9 Å². The van der Waals surface area contributed by atoms with Gasteiger partial charge in [0.25, 0.3) is 0 Å². The summed E-state index contributed by atoms with van der Waals surface area (Å²) in [6, 6.07) is 3.79. The molecule has 0 aromatic heterocycles. The second-order valence-electron chi connectivity index (χ2n) is 6.37. The van der Waals surface area contributed by atoms with E-state index in [9.17, 15) is 26.7 Å². The van der Waals surface area contributed by atoms with Crippen LogP contribution in [0.5, 0.6) is 0 Å². The average molecular weight is 381 g/mol. The first-order valence-corrected chi connectivity index (χ1v) is 9.48. The molecule has 0 bridgehead atoms. The van der Waals surface area contributed by atoms with Crippen molar-refractivity contribution in [2.75, 3.05) is 13.2 Å². The maximum absolute atomic E-state index is 12.9. The van der Waals surface area contributed by atoms with Gasteiger partial charge in [0, 0.05) is 19.2 Å². The van der Waals surface area contributed by atoms with Gasteiger partial charge in [-0.2, -0.15) is 17.5 Å². The van der Waals surface area contributed by atoms with Crippen LogP contribution in [0.25, 0.3) is 0 Å². The lowest BCUT2D eigenvalue weighted by Gasteiger charge is -2.34. The number of hydrogen-bond donors (Lipinski definition) is 2. The zero-order valence-corrected chi connectivity index (χ0v) is 14.6. The van der Waals surface area contributed by atoms with Crippen LogP contribution in [0.1, 0.15) is 38.2 Å². The number of benzene rings is 1. The Balaban J connectivity index is 2.31. The van der Waals surface area contributed by atoms with Gasteiger partial charge in [0.05, 0.1) is 4.90 Å². The van der Waals surface area contributed by atoms with Crippen molar-refractivity contribution in [3.8, 4) is 0 Å². The number of hydrogen-bond acceptors (Lipinski definition) is 4. The van der Waals surface area contributed by atoms with Crippen LogP contribution in [0.15, 0.2) is 29.2 Å². The molecule has 1 aromatic carbocycles. The molecule has 1 aromatic rings. The lowest BCUT2D eigenvalue weighted by Crippen LogP contribution is -2.44. The number of halogens is 3. The van der Waals surface area contributed by atoms with Crippen molar-refractivity contribution in [2.45, 2.75) is 55.3 Å². The summed E-state index contributed by atoms with van der Waals surface area (Å²) in [6.07, 6.45) is -2.35. The number of alkyl halides is 3. The number of rotatable bonds is 5. The Kier molecular flexibility index (Phi) is 5.82. The second kappa shape index (κ2) is 7.22. The number of piperidine rings is 1. The normalized spacial score (nSPS) is 22.6. The van der Waals surface area contributed by atoms with Crippen molar-refractivity contribution in [1.29, 1.82) is 0 Å². The van der Waals surface area contributed by atoms with Gasteiger partial charge in [0.2, 0.25) is 10.0 Å². The van der Waals surface area contributed by atoms with Crippen LogP contribution in [0.2, 0.25) is 0 Å². The summed E-state index contributed by atoms with van der Waals surface area (Å²) < 4.78 is 65.5. The summed E-state index contributed by atoms with van der Waals surface area (Å²) in [6.45, 7) is 0.803. The SMILES string of the molecule is CC(O)(c1ccc(S(=O)(=O)N2CCCCC2CCO)cc1)C(F)(F)F. The van der Waals surface area contributed by atoms with Crippen molar-refractivity contribution >= 4 is 10.0 Å². The van der Waals surface area contributed by atoms with E-state index in [-0.39, 0.29) is 17.5 Å². The van der Waals surface area contributed by atoms with E-state index in [0.717, 1.165) is 30.7 Å². The highest BCUT2D eigenvalue weighted by atomic mass is 32.2. The van der Waals surface area contributed by atoms with Gasteiger partial charge in [-0.25, -0.2) is 8.42 Å². The molecular weight excluding hydrogens is 359 g/mol. The molecule has 142 valence electrons. The van der Waals surface area contributed by atoms with Crippen LogP contribution in [-0.4, -0.2) is 48.3 Å². The second-order valence-corrected chi connectivity index (χ2v) is 8.26. The zero-order chi connectivity index (χ0) is 18.9. The number of aliphatic hydroxyl groups is 2. The first kappa shape index (κ1) is 20.2. The molecule has 2 rings (SSSR count). The van der Waals surface area contributed by atoms with Gasteiger partial charge >= 0.3 is 6.18 Å². The topological polar surface area (TPSA) is 77.8 Å². The highest BCUT2D eigenvalue weighted by Gasteiger charge is 2.51. The minimum atomic E-state index is -4.87. The van der Waals surface area contributed by atoms with Gasteiger partial charge < -0.3 is 10.2 Å². The summed E-state index contributed by atoms with van der Waals surface area (Å²) in [5, 5.41) is 18.8. The quantitative estimate of drug-likeness (QED) is 0.821. The van der Waals surface area contributed by atoms with E-state index in [0.29, 0.717) is 32.7 Å². The third-order valence-electron chi connectivity index (χ3n) is 4.61. The maximum atomic E-state index is 12.9. The summed E-state index contributed by atoms with van der Waals surface area (Å²) in [5.41, 5.74) is -3.48. The van der Waals surface area contributed by atoms with Gasteiger partial charge in [0.1, 0.15) is 0 Å². The monoisotopic (exact) mass is 381 g/mol. The molecule has 25 heavy (non-hydrogen) atoms. The van der Waals surface area contributed by atoms with E-state index in [1.807, 2.05) is 0 Å². The fraction of sp³-hybridized carbons (Fsp3) is 0.625. The average Bonchev–Trinajstić information content (AvgIpc) is 2.54. The molecule has 1 aliphatic heterocycles. The molecule has 9 heteroatoms. The standard InChI is InChI=1S/C16H22F3NO4S/c1-15(22,16(17,18)19)12-5-7-14(8-6-12)25(23,24)20-10-3-2-4-13(20)9-11-21/h5-8,13,21-22H,2-4,9-11H2,1H3. The van der Waals surface area contributed by atoms with E-state index < -0.39 is 27.4 Å². The summed E-state index contributed by atoms with van der Waals surface area (Å²) in [4.78, 5) is -0.126.